The predicted octanol–water partition coefficient (Wildman–Crippen LogP) is 3.85. The van der Waals surface area contributed by atoms with Gasteiger partial charge < -0.3 is 14.8 Å². The van der Waals surface area contributed by atoms with Crippen molar-refractivity contribution in [2.45, 2.75) is 32.2 Å². The molecular weight excluding hydrogens is 440 g/mol. The van der Waals surface area contributed by atoms with Crippen LogP contribution in [0.4, 0.5) is 5.69 Å². The van der Waals surface area contributed by atoms with E-state index in [0.29, 0.717) is 17.2 Å². The number of aryl methyl sites for hydroxylation is 2. The molecule has 1 amide bonds. The van der Waals surface area contributed by atoms with E-state index in [1.807, 2.05) is 32.9 Å². The molecule has 33 heavy (non-hydrogen) atoms. The summed E-state index contributed by atoms with van der Waals surface area (Å²) in [6.07, 6.45) is 0. The molecule has 0 spiro atoms. The first kappa shape index (κ1) is 22.7. The second-order valence-electron chi connectivity index (χ2n) is 8.01. The SMILES string of the molecule is Cc1ccc(S(=O)(=O)N(CC(=O)NCc2ccc3c(c2)OCO3)c2cccc(C)c2C)cc1. The van der Waals surface area contributed by atoms with Crippen molar-refractivity contribution in [3.63, 3.8) is 0 Å². The third-order valence-corrected chi connectivity index (χ3v) is 7.44. The van der Waals surface area contributed by atoms with Gasteiger partial charge in [0.15, 0.2) is 11.5 Å². The van der Waals surface area contributed by atoms with Crippen LogP contribution in [0.25, 0.3) is 0 Å². The Kier molecular flexibility index (Phi) is 6.29. The monoisotopic (exact) mass is 466 g/mol. The fourth-order valence-electron chi connectivity index (χ4n) is 3.58. The van der Waals surface area contributed by atoms with Crippen molar-refractivity contribution < 1.29 is 22.7 Å². The van der Waals surface area contributed by atoms with Gasteiger partial charge in [0.25, 0.3) is 10.0 Å². The maximum Gasteiger partial charge on any atom is 0.264 e. The molecule has 1 aliphatic heterocycles. The fourth-order valence-corrected chi connectivity index (χ4v) is 5.06. The highest BCUT2D eigenvalue weighted by atomic mass is 32.2. The molecule has 1 N–H and O–H groups in total. The van der Waals surface area contributed by atoms with E-state index in [4.69, 9.17) is 9.47 Å². The molecule has 3 aromatic carbocycles. The van der Waals surface area contributed by atoms with Crippen LogP contribution < -0.4 is 19.1 Å². The molecule has 172 valence electrons. The summed E-state index contributed by atoms with van der Waals surface area (Å²) >= 11 is 0. The number of fused-ring (bicyclic) bond motifs is 1. The van der Waals surface area contributed by atoms with E-state index in [-0.39, 0.29) is 24.8 Å². The Morgan fingerprint density at radius 2 is 1.70 bits per heavy atom. The Hall–Kier alpha value is -3.52. The third-order valence-electron chi connectivity index (χ3n) is 5.67. The fraction of sp³-hybridized carbons (Fsp3) is 0.240. The van der Waals surface area contributed by atoms with Crippen molar-refractivity contribution in [2.75, 3.05) is 17.6 Å². The van der Waals surface area contributed by atoms with Crippen LogP contribution in [0.5, 0.6) is 11.5 Å². The van der Waals surface area contributed by atoms with Gasteiger partial charge in [-0.2, -0.15) is 0 Å². The summed E-state index contributed by atoms with van der Waals surface area (Å²) in [6.45, 7) is 5.73. The smallest absolute Gasteiger partial charge is 0.264 e. The summed E-state index contributed by atoms with van der Waals surface area (Å²) in [4.78, 5) is 13.0. The van der Waals surface area contributed by atoms with Gasteiger partial charge in [-0.1, -0.05) is 35.9 Å². The van der Waals surface area contributed by atoms with E-state index in [9.17, 15) is 13.2 Å². The van der Waals surface area contributed by atoms with Gasteiger partial charge in [0, 0.05) is 6.54 Å². The topological polar surface area (TPSA) is 84.9 Å². The highest BCUT2D eigenvalue weighted by Crippen LogP contribution is 2.32. The van der Waals surface area contributed by atoms with Crippen LogP contribution in [0.15, 0.2) is 65.6 Å². The van der Waals surface area contributed by atoms with Crippen LogP contribution in [0.1, 0.15) is 22.3 Å². The molecular formula is C25H26N2O5S. The Balaban J connectivity index is 1.58. The van der Waals surface area contributed by atoms with Crippen LogP contribution >= 0.6 is 0 Å². The maximum atomic E-state index is 13.6. The van der Waals surface area contributed by atoms with Crippen molar-refractivity contribution in [2.24, 2.45) is 0 Å². The molecule has 4 rings (SSSR count). The molecule has 0 unspecified atom stereocenters. The Bertz CT molecular complexity index is 1290. The van der Waals surface area contributed by atoms with Gasteiger partial charge in [0.1, 0.15) is 6.54 Å². The molecule has 8 heteroatoms. The summed E-state index contributed by atoms with van der Waals surface area (Å²) in [6, 6.07) is 17.5. The Morgan fingerprint density at radius 3 is 2.45 bits per heavy atom. The van der Waals surface area contributed by atoms with Crippen LogP contribution in [-0.4, -0.2) is 27.7 Å². The molecule has 0 fully saturated rings. The maximum absolute atomic E-state index is 13.6. The molecule has 0 radical (unpaired) electrons. The van der Waals surface area contributed by atoms with E-state index in [1.165, 1.54) is 4.31 Å². The van der Waals surface area contributed by atoms with E-state index in [1.54, 1.807) is 48.5 Å². The van der Waals surface area contributed by atoms with Gasteiger partial charge in [-0.3, -0.25) is 9.10 Å². The first-order chi connectivity index (χ1) is 15.8. The lowest BCUT2D eigenvalue weighted by Gasteiger charge is -2.26. The number of sulfonamides is 1. The molecule has 0 saturated carbocycles. The number of nitrogens with one attached hydrogen (secondary N) is 1. The van der Waals surface area contributed by atoms with Gasteiger partial charge in [-0.15, -0.1) is 0 Å². The molecule has 0 bridgehead atoms. The van der Waals surface area contributed by atoms with E-state index >= 15 is 0 Å². The lowest BCUT2D eigenvalue weighted by atomic mass is 10.1. The van der Waals surface area contributed by atoms with Crippen LogP contribution in [0.3, 0.4) is 0 Å². The zero-order chi connectivity index (χ0) is 23.6. The summed E-state index contributed by atoms with van der Waals surface area (Å²) < 4.78 is 39.0. The molecule has 0 aromatic heterocycles. The number of nitrogens with zero attached hydrogens (tertiary/aromatic N) is 1. The number of rotatable bonds is 7. The number of carbonyl (C=O) groups excluding carboxylic acids is 1. The zero-order valence-corrected chi connectivity index (χ0v) is 19.6. The van der Waals surface area contributed by atoms with Gasteiger partial charge in [0.05, 0.1) is 10.6 Å². The van der Waals surface area contributed by atoms with E-state index in [2.05, 4.69) is 5.32 Å². The minimum absolute atomic E-state index is 0.137. The number of hydrogen-bond acceptors (Lipinski definition) is 5. The number of benzene rings is 3. The van der Waals surface area contributed by atoms with Crippen molar-refractivity contribution in [3.8, 4) is 11.5 Å². The van der Waals surface area contributed by atoms with Crippen molar-refractivity contribution >= 4 is 21.6 Å². The number of amides is 1. The van der Waals surface area contributed by atoms with Gasteiger partial charge in [-0.25, -0.2) is 8.42 Å². The normalized spacial score (nSPS) is 12.5. The molecule has 0 atom stereocenters. The quantitative estimate of drug-likeness (QED) is 0.572. The summed E-state index contributed by atoms with van der Waals surface area (Å²) in [5.74, 6) is 0.875. The van der Waals surface area contributed by atoms with Crippen LogP contribution in [-0.2, 0) is 21.4 Å². The standard InChI is InChI=1S/C25H26N2O5S/c1-17-7-10-21(11-8-17)33(29,30)27(22-6-4-5-18(2)19(22)3)15-25(28)26-14-20-9-12-23-24(13-20)32-16-31-23/h4-13H,14-16H2,1-3H3,(H,26,28). The number of anilines is 1. The Morgan fingerprint density at radius 1 is 0.970 bits per heavy atom. The minimum atomic E-state index is -3.96. The molecule has 0 aliphatic carbocycles. The lowest BCUT2D eigenvalue weighted by Crippen LogP contribution is -2.41. The first-order valence-electron chi connectivity index (χ1n) is 10.6. The van der Waals surface area contributed by atoms with Gasteiger partial charge in [-0.05, 0) is 67.8 Å². The van der Waals surface area contributed by atoms with Crippen molar-refractivity contribution in [1.29, 1.82) is 0 Å². The largest absolute Gasteiger partial charge is 0.454 e. The van der Waals surface area contributed by atoms with Crippen LogP contribution in [0, 0.1) is 20.8 Å². The third kappa shape index (κ3) is 4.80. The average Bonchev–Trinajstić information content (AvgIpc) is 3.26. The second-order valence-corrected chi connectivity index (χ2v) is 9.87. The highest BCUT2D eigenvalue weighted by molar-refractivity contribution is 7.92. The highest BCUT2D eigenvalue weighted by Gasteiger charge is 2.28. The molecule has 0 saturated heterocycles. The van der Waals surface area contributed by atoms with E-state index < -0.39 is 15.9 Å². The number of hydrogen-bond donors (Lipinski definition) is 1. The summed E-state index contributed by atoms with van der Waals surface area (Å²) in [5.41, 5.74) is 4.00. The van der Waals surface area contributed by atoms with Gasteiger partial charge in [0.2, 0.25) is 12.7 Å². The molecule has 1 aliphatic rings. The minimum Gasteiger partial charge on any atom is -0.454 e. The van der Waals surface area contributed by atoms with Crippen LogP contribution in [0.2, 0.25) is 0 Å². The van der Waals surface area contributed by atoms with E-state index in [0.717, 1.165) is 22.3 Å². The lowest BCUT2D eigenvalue weighted by molar-refractivity contribution is -0.119. The van der Waals surface area contributed by atoms with Gasteiger partial charge >= 0.3 is 0 Å². The van der Waals surface area contributed by atoms with Crippen molar-refractivity contribution in [3.05, 3.63) is 82.9 Å². The zero-order valence-electron chi connectivity index (χ0n) is 18.8. The Labute approximate surface area is 194 Å². The van der Waals surface area contributed by atoms with Crippen molar-refractivity contribution in [1.82, 2.24) is 5.32 Å². The summed E-state index contributed by atoms with van der Waals surface area (Å²) in [5, 5.41) is 2.82. The molecule has 3 aromatic rings. The first-order valence-corrected chi connectivity index (χ1v) is 12.0. The number of ether oxygens (including phenoxy) is 2. The number of carbonyl (C=O) groups is 1. The summed E-state index contributed by atoms with van der Waals surface area (Å²) in [7, 11) is -3.96. The molecule has 1 heterocycles. The predicted molar refractivity (Wildman–Crippen MR) is 126 cm³/mol. The average molecular weight is 467 g/mol. The second kappa shape index (κ2) is 9.15. The molecule has 7 nitrogen and oxygen atoms in total.